The van der Waals surface area contributed by atoms with Crippen molar-refractivity contribution < 1.29 is 4.39 Å². The standard InChI is InChI=1S/C14H11FN2/c1-17-9-12(10-5-2-3-7-13(10)15)11-6-4-8-16-14(11)17/h2-9H,1H3. The number of hydrogen-bond acceptors (Lipinski definition) is 1. The van der Waals surface area contributed by atoms with E-state index in [4.69, 9.17) is 0 Å². The van der Waals surface area contributed by atoms with Crippen LogP contribution in [0.5, 0.6) is 0 Å². The van der Waals surface area contributed by atoms with Crippen LogP contribution in [0.3, 0.4) is 0 Å². The Morgan fingerprint density at radius 2 is 1.88 bits per heavy atom. The Balaban J connectivity index is 2.35. The van der Waals surface area contributed by atoms with Crippen molar-refractivity contribution in [3.63, 3.8) is 0 Å². The molecule has 17 heavy (non-hydrogen) atoms. The van der Waals surface area contributed by atoms with E-state index in [1.54, 1.807) is 18.3 Å². The SMILES string of the molecule is Cn1cc(-c2ccccc2F)c2cccnc21. The molecule has 0 aliphatic heterocycles. The van der Waals surface area contributed by atoms with Gasteiger partial charge in [-0.3, -0.25) is 0 Å². The molecule has 1 aromatic carbocycles. The quantitative estimate of drug-likeness (QED) is 0.622. The zero-order valence-corrected chi connectivity index (χ0v) is 9.39. The van der Waals surface area contributed by atoms with Crippen LogP contribution >= 0.6 is 0 Å². The Morgan fingerprint density at radius 1 is 1.06 bits per heavy atom. The van der Waals surface area contributed by atoms with E-state index in [2.05, 4.69) is 4.98 Å². The van der Waals surface area contributed by atoms with Crippen LogP contribution in [0.15, 0.2) is 48.8 Å². The number of fused-ring (bicyclic) bond motifs is 1. The zero-order chi connectivity index (χ0) is 11.8. The van der Waals surface area contributed by atoms with Crippen LogP contribution in [0.25, 0.3) is 22.2 Å². The Morgan fingerprint density at radius 3 is 2.71 bits per heavy atom. The molecule has 0 amide bonds. The predicted molar refractivity (Wildman–Crippen MR) is 66.1 cm³/mol. The van der Waals surface area contributed by atoms with E-state index in [9.17, 15) is 4.39 Å². The molecule has 3 rings (SSSR count). The van der Waals surface area contributed by atoms with Crippen LogP contribution in [-0.4, -0.2) is 9.55 Å². The minimum atomic E-state index is -0.205. The van der Waals surface area contributed by atoms with E-state index in [0.717, 1.165) is 16.6 Å². The minimum absolute atomic E-state index is 0.205. The van der Waals surface area contributed by atoms with Crippen molar-refractivity contribution in [3.05, 3.63) is 54.6 Å². The van der Waals surface area contributed by atoms with Gasteiger partial charge in [-0.15, -0.1) is 0 Å². The first-order chi connectivity index (χ1) is 8.27. The largest absolute Gasteiger partial charge is 0.335 e. The van der Waals surface area contributed by atoms with Gasteiger partial charge in [0.05, 0.1) is 0 Å². The number of pyridine rings is 1. The van der Waals surface area contributed by atoms with E-state index < -0.39 is 0 Å². The van der Waals surface area contributed by atoms with Crippen LogP contribution in [0.1, 0.15) is 0 Å². The maximum atomic E-state index is 13.8. The van der Waals surface area contributed by atoms with Crippen LogP contribution in [0.2, 0.25) is 0 Å². The molecule has 0 aliphatic rings. The van der Waals surface area contributed by atoms with Gasteiger partial charge in [0.1, 0.15) is 11.5 Å². The van der Waals surface area contributed by atoms with Crippen LogP contribution < -0.4 is 0 Å². The fourth-order valence-corrected chi connectivity index (χ4v) is 2.11. The summed E-state index contributed by atoms with van der Waals surface area (Å²) in [4.78, 5) is 4.30. The van der Waals surface area contributed by atoms with Gasteiger partial charge in [-0.05, 0) is 18.2 Å². The minimum Gasteiger partial charge on any atom is -0.335 e. The van der Waals surface area contributed by atoms with E-state index >= 15 is 0 Å². The predicted octanol–water partition coefficient (Wildman–Crippen LogP) is 3.38. The lowest BCUT2D eigenvalue weighted by Gasteiger charge is -2.00. The summed E-state index contributed by atoms with van der Waals surface area (Å²) in [5.41, 5.74) is 2.37. The lowest BCUT2D eigenvalue weighted by Crippen LogP contribution is -1.85. The van der Waals surface area contributed by atoms with Crippen molar-refractivity contribution in [2.24, 2.45) is 7.05 Å². The van der Waals surface area contributed by atoms with E-state index in [1.165, 1.54) is 6.07 Å². The summed E-state index contributed by atoms with van der Waals surface area (Å²) >= 11 is 0. The molecule has 2 nitrogen and oxygen atoms in total. The van der Waals surface area contributed by atoms with Gasteiger partial charge in [-0.2, -0.15) is 0 Å². The Kier molecular flexibility index (Phi) is 2.18. The molecule has 0 saturated carbocycles. The average molecular weight is 226 g/mol. The number of rotatable bonds is 1. The summed E-state index contributed by atoms with van der Waals surface area (Å²) in [6, 6.07) is 10.6. The number of hydrogen-bond donors (Lipinski definition) is 0. The van der Waals surface area contributed by atoms with E-state index in [-0.39, 0.29) is 5.82 Å². The fourth-order valence-electron chi connectivity index (χ4n) is 2.11. The average Bonchev–Trinajstić information content (AvgIpc) is 2.68. The number of benzene rings is 1. The molecule has 2 heterocycles. The number of nitrogens with zero attached hydrogens (tertiary/aromatic N) is 2. The van der Waals surface area contributed by atoms with Gasteiger partial charge in [0.15, 0.2) is 0 Å². The first-order valence-electron chi connectivity index (χ1n) is 5.42. The summed E-state index contributed by atoms with van der Waals surface area (Å²) in [6.45, 7) is 0. The Labute approximate surface area is 98.3 Å². The third-order valence-corrected chi connectivity index (χ3v) is 2.90. The fraction of sp³-hybridized carbons (Fsp3) is 0.0714. The molecule has 0 bridgehead atoms. The maximum Gasteiger partial charge on any atom is 0.140 e. The lowest BCUT2D eigenvalue weighted by molar-refractivity contribution is 0.631. The Bertz CT molecular complexity index is 686. The van der Waals surface area contributed by atoms with Crippen molar-refractivity contribution in [2.45, 2.75) is 0 Å². The second kappa shape index (κ2) is 3.70. The summed E-state index contributed by atoms with van der Waals surface area (Å²) in [6.07, 6.45) is 3.66. The summed E-state index contributed by atoms with van der Waals surface area (Å²) in [7, 11) is 1.92. The molecule has 3 aromatic rings. The molecule has 0 atom stereocenters. The van der Waals surface area contributed by atoms with Crippen molar-refractivity contribution >= 4 is 11.0 Å². The molecule has 84 valence electrons. The molecule has 0 N–H and O–H groups in total. The number of halogens is 1. The molecule has 0 aliphatic carbocycles. The highest BCUT2D eigenvalue weighted by molar-refractivity contribution is 5.94. The van der Waals surface area contributed by atoms with Crippen LogP contribution in [0.4, 0.5) is 4.39 Å². The van der Waals surface area contributed by atoms with Crippen molar-refractivity contribution in [2.75, 3.05) is 0 Å². The van der Waals surface area contributed by atoms with Gasteiger partial charge in [0, 0.05) is 36.0 Å². The van der Waals surface area contributed by atoms with Crippen LogP contribution in [0, 0.1) is 5.82 Å². The van der Waals surface area contributed by atoms with Gasteiger partial charge in [-0.25, -0.2) is 9.37 Å². The van der Waals surface area contributed by atoms with Gasteiger partial charge in [0.2, 0.25) is 0 Å². The maximum absolute atomic E-state index is 13.8. The first-order valence-corrected chi connectivity index (χ1v) is 5.42. The smallest absolute Gasteiger partial charge is 0.140 e. The third-order valence-electron chi connectivity index (χ3n) is 2.90. The molecule has 0 unspecified atom stereocenters. The van der Waals surface area contributed by atoms with Crippen molar-refractivity contribution in [3.8, 4) is 11.1 Å². The van der Waals surface area contributed by atoms with Gasteiger partial charge in [0.25, 0.3) is 0 Å². The topological polar surface area (TPSA) is 17.8 Å². The van der Waals surface area contributed by atoms with Gasteiger partial charge >= 0.3 is 0 Å². The number of aryl methyl sites for hydroxylation is 1. The van der Waals surface area contributed by atoms with Gasteiger partial charge in [-0.1, -0.05) is 18.2 Å². The normalized spacial score (nSPS) is 10.9. The van der Waals surface area contributed by atoms with Gasteiger partial charge < -0.3 is 4.57 Å². The molecule has 0 radical (unpaired) electrons. The first kappa shape index (κ1) is 10.0. The van der Waals surface area contributed by atoms with E-state index in [0.29, 0.717) is 5.56 Å². The molecular weight excluding hydrogens is 215 g/mol. The second-order valence-electron chi connectivity index (χ2n) is 4.01. The third kappa shape index (κ3) is 1.51. The lowest BCUT2D eigenvalue weighted by atomic mass is 10.1. The van der Waals surface area contributed by atoms with E-state index in [1.807, 2.05) is 36.0 Å². The summed E-state index contributed by atoms with van der Waals surface area (Å²) in [5, 5.41) is 0.972. The van der Waals surface area contributed by atoms with Crippen LogP contribution in [-0.2, 0) is 7.05 Å². The highest BCUT2D eigenvalue weighted by atomic mass is 19.1. The number of aromatic nitrogens is 2. The molecule has 3 heteroatoms. The second-order valence-corrected chi connectivity index (χ2v) is 4.01. The Hall–Kier alpha value is -2.16. The highest BCUT2D eigenvalue weighted by Gasteiger charge is 2.11. The monoisotopic (exact) mass is 226 g/mol. The van der Waals surface area contributed by atoms with Crippen molar-refractivity contribution in [1.82, 2.24) is 9.55 Å². The highest BCUT2D eigenvalue weighted by Crippen LogP contribution is 2.30. The molecule has 2 aromatic heterocycles. The molecule has 0 fully saturated rings. The summed E-state index contributed by atoms with van der Waals surface area (Å²) < 4.78 is 15.7. The molecule has 0 saturated heterocycles. The molecule has 0 spiro atoms. The molecular formula is C14H11FN2. The zero-order valence-electron chi connectivity index (χ0n) is 9.39. The van der Waals surface area contributed by atoms with Crippen molar-refractivity contribution in [1.29, 1.82) is 0 Å². The summed E-state index contributed by atoms with van der Waals surface area (Å²) in [5.74, 6) is -0.205.